The standard InChI is InChI=1S/C9H21NO/c1-4-5-6-7-11-9(3)8(2)10/h8-9H,4-7,10H2,1-3H3/t8-,9?/m1/s1. The van der Waals surface area contributed by atoms with Gasteiger partial charge in [-0.2, -0.15) is 0 Å². The molecule has 0 aromatic carbocycles. The molecule has 0 bridgehead atoms. The van der Waals surface area contributed by atoms with Crippen molar-refractivity contribution in [3.8, 4) is 0 Å². The highest BCUT2D eigenvalue weighted by atomic mass is 16.5. The van der Waals surface area contributed by atoms with Gasteiger partial charge in [-0.25, -0.2) is 0 Å². The van der Waals surface area contributed by atoms with E-state index >= 15 is 0 Å². The molecule has 0 saturated carbocycles. The van der Waals surface area contributed by atoms with Crippen LogP contribution in [0.4, 0.5) is 0 Å². The van der Waals surface area contributed by atoms with Crippen molar-refractivity contribution in [3.05, 3.63) is 0 Å². The average Bonchev–Trinajstić information content (AvgIpc) is 1.97. The normalized spacial score (nSPS) is 16.4. The predicted molar refractivity (Wildman–Crippen MR) is 48.6 cm³/mol. The first-order valence-corrected chi connectivity index (χ1v) is 4.55. The molecule has 0 aliphatic rings. The smallest absolute Gasteiger partial charge is 0.0695 e. The summed E-state index contributed by atoms with van der Waals surface area (Å²) in [6, 6.07) is 0.150. The van der Waals surface area contributed by atoms with Gasteiger partial charge in [0.2, 0.25) is 0 Å². The lowest BCUT2D eigenvalue weighted by molar-refractivity contribution is 0.0498. The van der Waals surface area contributed by atoms with Crippen molar-refractivity contribution in [2.75, 3.05) is 6.61 Å². The Hall–Kier alpha value is -0.0800. The van der Waals surface area contributed by atoms with Gasteiger partial charge in [0.1, 0.15) is 0 Å². The number of hydrogen-bond donors (Lipinski definition) is 1. The minimum absolute atomic E-state index is 0.150. The number of ether oxygens (including phenoxy) is 1. The second-order valence-corrected chi connectivity index (χ2v) is 3.14. The predicted octanol–water partition coefficient (Wildman–Crippen LogP) is 1.93. The van der Waals surface area contributed by atoms with E-state index < -0.39 is 0 Å². The van der Waals surface area contributed by atoms with Gasteiger partial charge in [0.25, 0.3) is 0 Å². The zero-order valence-electron chi connectivity index (χ0n) is 7.97. The Morgan fingerprint density at radius 3 is 2.36 bits per heavy atom. The lowest BCUT2D eigenvalue weighted by Crippen LogP contribution is -2.31. The maximum absolute atomic E-state index is 5.63. The molecule has 2 nitrogen and oxygen atoms in total. The van der Waals surface area contributed by atoms with Gasteiger partial charge in [-0.05, 0) is 20.3 Å². The molecule has 0 radical (unpaired) electrons. The maximum Gasteiger partial charge on any atom is 0.0695 e. The third-order valence-electron chi connectivity index (χ3n) is 1.87. The zero-order valence-corrected chi connectivity index (χ0v) is 7.97. The van der Waals surface area contributed by atoms with Gasteiger partial charge in [0.15, 0.2) is 0 Å². The highest BCUT2D eigenvalue weighted by molar-refractivity contribution is 4.61. The number of unbranched alkanes of at least 4 members (excludes halogenated alkanes) is 2. The van der Waals surface area contributed by atoms with E-state index in [2.05, 4.69) is 6.92 Å². The Labute approximate surface area is 70.1 Å². The van der Waals surface area contributed by atoms with Crippen molar-refractivity contribution in [1.82, 2.24) is 0 Å². The molecule has 0 amide bonds. The second kappa shape index (κ2) is 6.62. The van der Waals surface area contributed by atoms with E-state index in [0.29, 0.717) is 0 Å². The topological polar surface area (TPSA) is 35.2 Å². The first-order valence-electron chi connectivity index (χ1n) is 4.55. The van der Waals surface area contributed by atoms with Gasteiger partial charge >= 0.3 is 0 Å². The third-order valence-corrected chi connectivity index (χ3v) is 1.87. The van der Waals surface area contributed by atoms with Crippen LogP contribution in [-0.2, 0) is 4.74 Å². The van der Waals surface area contributed by atoms with Gasteiger partial charge in [0, 0.05) is 12.6 Å². The summed E-state index contributed by atoms with van der Waals surface area (Å²) in [5.41, 5.74) is 5.63. The molecule has 2 heteroatoms. The molecule has 0 saturated heterocycles. The summed E-state index contributed by atoms with van der Waals surface area (Å²) in [4.78, 5) is 0. The molecule has 0 aromatic heterocycles. The van der Waals surface area contributed by atoms with Crippen LogP contribution >= 0.6 is 0 Å². The van der Waals surface area contributed by atoms with Gasteiger partial charge in [-0.3, -0.25) is 0 Å². The molecule has 11 heavy (non-hydrogen) atoms. The Balaban J connectivity index is 3.10. The second-order valence-electron chi connectivity index (χ2n) is 3.14. The van der Waals surface area contributed by atoms with E-state index in [1.54, 1.807) is 0 Å². The summed E-state index contributed by atoms with van der Waals surface area (Å²) in [5, 5.41) is 0. The van der Waals surface area contributed by atoms with Crippen molar-refractivity contribution in [3.63, 3.8) is 0 Å². The highest BCUT2D eigenvalue weighted by Gasteiger charge is 2.05. The van der Waals surface area contributed by atoms with Gasteiger partial charge < -0.3 is 10.5 Å². The first kappa shape index (κ1) is 10.9. The van der Waals surface area contributed by atoms with E-state index in [0.717, 1.165) is 13.0 Å². The fourth-order valence-electron chi connectivity index (χ4n) is 0.773. The Kier molecular flexibility index (Phi) is 6.57. The molecule has 68 valence electrons. The van der Waals surface area contributed by atoms with Crippen molar-refractivity contribution < 1.29 is 4.74 Å². The molecular formula is C9H21NO. The van der Waals surface area contributed by atoms with Crippen LogP contribution < -0.4 is 5.73 Å². The van der Waals surface area contributed by atoms with Crippen LogP contribution in [0.25, 0.3) is 0 Å². The molecule has 0 spiro atoms. The summed E-state index contributed by atoms with van der Waals surface area (Å²) in [6.45, 7) is 7.05. The molecule has 2 atom stereocenters. The van der Waals surface area contributed by atoms with Crippen LogP contribution in [-0.4, -0.2) is 18.8 Å². The van der Waals surface area contributed by atoms with Crippen LogP contribution in [0.15, 0.2) is 0 Å². The molecule has 0 aliphatic heterocycles. The summed E-state index contributed by atoms with van der Waals surface area (Å²) in [7, 11) is 0. The molecule has 0 aromatic rings. The van der Waals surface area contributed by atoms with E-state index in [-0.39, 0.29) is 12.1 Å². The zero-order chi connectivity index (χ0) is 8.69. The third kappa shape index (κ3) is 6.32. The van der Waals surface area contributed by atoms with Gasteiger partial charge in [-0.15, -0.1) is 0 Å². The maximum atomic E-state index is 5.63. The molecule has 2 N–H and O–H groups in total. The molecule has 1 unspecified atom stereocenters. The highest BCUT2D eigenvalue weighted by Crippen LogP contribution is 1.99. The molecular weight excluding hydrogens is 138 g/mol. The van der Waals surface area contributed by atoms with Crippen LogP contribution in [0.2, 0.25) is 0 Å². The summed E-state index contributed by atoms with van der Waals surface area (Å²) >= 11 is 0. The van der Waals surface area contributed by atoms with Crippen molar-refractivity contribution >= 4 is 0 Å². The van der Waals surface area contributed by atoms with Crippen LogP contribution in [0.5, 0.6) is 0 Å². The minimum Gasteiger partial charge on any atom is -0.377 e. The van der Waals surface area contributed by atoms with E-state index in [9.17, 15) is 0 Å². The molecule has 0 aliphatic carbocycles. The fourth-order valence-corrected chi connectivity index (χ4v) is 0.773. The fraction of sp³-hybridized carbons (Fsp3) is 1.00. The summed E-state index contributed by atoms with van der Waals surface area (Å²) in [5.74, 6) is 0. The Morgan fingerprint density at radius 2 is 1.91 bits per heavy atom. The van der Waals surface area contributed by atoms with E-state index in [4.69, 9.17) is 10.5 Å². The van der Waals surface area contributed by atoms with Crippen molar-refractivity contribution in [2.45, 2.75) is 52.2 Å². The number of hydrogen-bond acceptors (Lipinski definition) is 2. The monoisotopic (exact) mass is 159 g/mol. The quantitative estimate of drug-likeness (QED) is 0.601. The lowest BCUT2D eigenvalue weighted by Gasteiger charge is -2.15. The molecule has 0 rings (SSSR count). The van der Waals surface area contributed by atoms with E-state index in [1.807, 2.05) is 13.8 Å². The van der Waals surface area contributed by atoms with Gasteiger partial charge in [0.05, 0.1) is 6.10 Å². The Morgan fingerprint density at radius 1 is 1.27 bits per heavy atom. The van der Waals surface area contributed by atoms with Crippen LogP contribution in [0, 0.1) is 0 Å². The van der Waals surface area contributed by atoms with Gasteiger partial charge in [-0.1, -0.05) is 19.8 Å². The molecule has 0 fully saturated rings. The van der Waals surface area contributed by atoms with Crippen LogP contribution in [0.1, 0.15) is 40.0 Å². The van der Waals surface area contributed by atoms with E-state index in [1.165, 1.54) is 12.8 Å². The number of rotatable bonds is 6. The largest absolute Gasteiger partial charge is 0.377 e. The first-order chi connectivity index (χ1) is 5.18. The average molecular weight is 159 g/mol. The summed E-state index contributed by atoms with van der Waals surface area (Å²) < 4.78 is 5.48. The number of nitrogens with two attached hydrogens (primary N) is 1. The van der Waals surface area contributed by atoms with Crippen molar-refractivity contribution in [1.29, 1.82) is 0 Å². The van der Waals surface area contributed by atoms with Crippen LogP contribution in [0.3, 0.4) is 0 Å². The summed E-state index contributed by atoms with van der Waals surface area (Å²) in [6.07, 6.45) is 3.86. The SMILES string of the molecule is CCCCCOC(C)[C@@H](C)N. The lowest BCUT2D eigenvalue weighted by atomic mass is 10.2. The molecule has 0 heterocycles. The van der Waals surface area contributed by atoms with Crippen molar-refractivity contribution in [2.24, 2.45) is 5.73 Å². The Bertz CT molecular complexity index is 83.6. The minimum atomic E-state index is 0.150.